The molecule has 106 valence electrons. The Morgan fingerprint density at radius 2 is 2.00 bits per heavy atom. The molecule has 1 rings (SSSR count). The van der Waals surface area contributed by atoms with Crippen LogP contribution in [0.5, 0.6) is 0 Å². The maximum atomic E-state index is 10.6. The van der Waals surface area contributed by atoms with Crippen molar-refractivity contribution in [2.45, 2.75) is 32.7 Å². The molecular weight excluding hydrogens is 306 g/mol. The predicted molar refractivity (Wildman–Crippen MR) is 81.0 cm³/mol. The van der Waals surface area contributed by atoms with Crippen LogP contribution in [0.25, 0.3) is 0 Å². The molecule has 0 saturated heterocycles. The number of hydrogen-bond acceptors (Lipinski definition) is 3. The van der Waals surface area contributed by atoms with Crippen LogP contribution in [-0.4, -0.2) is 31.1 Å². The van der Waals surface area contributed by atoms with E-state index in [1.54, 1.807) is 0 Å². The molecule has 0 fully saturated rings. The van der Waals surface area contributed by atoms with Gasteiger partial charge in [-0.05, 0) is 44.5 Å². The number of ether oxygens (including phenoxy) is 1. The Hall–Kier alpha value is -0.870. The molecule has 0 bridgehead atoms. The fraction of sp³-hybridized carbons (Fsp3) is 0.533. The number of unbranched alkanes of at least 4 members (excludes halogenated alkanes) is 2. The lowest BCUT2D eigenvalue weighted by molar-refractivity contribution is -0.141. The predicted octanol–water partition coefficient (Wildman–Crippen LogP) is 3.61. The van der Waals surface area contributed by atoms with Gasteiger partial charge in [0.1, 0.15) is 0 Å². The average molecular weight is 328 g/mol. The van der Waals surface area contributed by atoms with Crippen LogP contribution in [0.1, 0.15) is 31.7 Å². The lowest BCUT2D eigenvalue weighted by Gasteiger charge is -2.17. The van der Waals surface area contributed by atoms with Crippen LogP contribution in [0, 0.1) is 0 Å². The minimum Gasteiger partial charge on any atom is -0.466 e. The zero-order valence-electron chi connectivity index (χ0n) is 11.7. The Morgan fingerprint density at radius 1 is 1.26 bits per heavy atom. The van der Waals surface area contributed by atoms with Gasteiger partial charge in [-0.3, -0.25) is 4.79 Å². The zero-order valence-corrected chi connectivity index (χ0v) is 13.3. The maximum absolute atomic E-state index is 10.6. The number of hydrogen-bond donors (Lipinski definition) is 0. The largest absolute Gasteiger partial charge is 0.466 e. The molecule has 0 saturated carbocycles. The summed E-state index contributed by atoms with van der Waals surface area (Å²) in [5, 5.41) is 0. The summed E-state index contributed by atoms with van der Waals surface area (Å²) in [6.07, 6.45) is 3.16. The standard InChI is InChI=1S/C15H22BrNO2/c1-13(18)19-11-7-3-6-10-17(2)12-14-8-4-5-9-15(14)16/h4-5,8-9H,3,6-7,10-12H2,1-2H3. The van der Waals surface area contributed by atoms with Gasteiger partial charge < -0.3 is 9.64 Å². The molecule has 19 heavy (non-hydrogen) atoms. The number of halogens is 1. The highest BCUT2D eigenvalue weighted by Gasteiger charge is 2.03. The van der Waals surface area contributed by atoms with E-state index in [2.05, 4.69) is 46.1 Å². The molecule has 0 aliphatic rings. The molecule has 0 heterocycles. The Labute approximate surface area is 124 Å². The second-order valence-electron chi connectivity index (χ2n) is 4.73. The fourth-order valence-electron chi connectivity index (χ4n) is 1.87. The van der Waals surface area contributed by atoms with Crippen molar-refractivity contribution in [3.05, 3.63) is 34.3 Å². The first-order valence-electron chi connectivity index (χ1n) is 6.65. The molecule has 1 aromatic rings. The summed E-state index contributed by atoms with van der Waals surface area (Å²) in [7, 11) is 2.13. The molecule has 0 aliphatic heterocycles. The molecule has 0 unspecified atom stereocenters. The minimum atomic E-state index is -0.189. The quantitative estimate of drug-likeness (QED) is 0.539. The lowest BCUT2D eigenvalue weighted by Crippen LogP contribution is -2.19. The van der Waals surface area contributed by atoms with Crippen LogP contribution in [0.15, 0.2) is 28.7 Å². The minimum absolute atomic E-state index is 0.189. The Bertz CT molecular complexity index is 395. The third-order valence-corrected chi connectivity index (χ3v) is 3.66. The molecule has 1 aromatic carbocycles. The summed E-state index contributed by atoms with van der Waals surface area (Å²) >= 11 is 3.57. The van der Waals surface area contributed by atoms with Crippen LogP contribution in [0.3, 0.4) is 0 Å². The number of benzene rings is 1. The van der Waals surface area contributed by atoms with Crippen LogP contribution >= 0.6 is 15.9 Å². The number of nitrogens with zero attached hydrogens (tertiary/aromatic N) is 1. The Morgan fingerprint density at radius 3 is 2.68 bits per heavy atom. The number of carbonyl (C=O) groups is 1. The van der Waals surface area contributed by atoms with E-state index >= 15 is 0 Å². The van der Waals surface area contributed by atoms with E-state index in [0.717, 1.165) is 36.8 Å². The van der Waals surface area contributed by atoms with Gasteiger partial charge in [-0.2, -0.15) is 0 Å². The van der Waals surface area contributed by atoms with Gasteiger partial charge in [-0.1, -0.05) is 34.1 Å². The van der Waals surface area contributed by atoms with Gasteiger partial charge in [0.15, 0.2) is 0 Å². The van der Waals surface area contributed by atoms with Crippen molar-refractivity contribution in [2.24, 2.45) is 0 Å². The van der Waals surface area contributed by atoms with Crippen LogP contribution < -0.4 is 0 Å². The Balaban J connectivity index is 2.13. The first-order chi connectivity index (χ1) is 9.09. The van der Waals surface area contributed by atoms with Gasteiger partial charge in [0.05, 0.1) is 6.61 Å². The van der Waals surface area contributed by atoms with Crippen molar-refractivity contribution in [3.8, 4) is 0 Å². The molecule has 0 N–H and O–H groups in total. The molecule has 0 aromatic heterocycles. The van der Waals surface area contributed by atoms with Crippen LogP contribution in [0.2, 0.25) is 0 Å². The van der Waals surface area contributed by atoms with Gasteiger partial charge in [0.25, 0.3) is 0 Å². The molecule has 0 radical (unpaired) electrons. The van der Waals surface area contributed by atoms with Crippen molar-refractivity contribution in [3.63, 3.8) is 0 Å². The molecule has 3 nitrogen and oxygen atoms in total. The topological polar surface area (TPSA) is 29.5 Å². The summed E-state index contributed by atoms with van der Waals surface area (Å²) in [4.78, 5) is 12.9. The molecule has 0 spiro atoms. The molecule has 0 amide bonds. The van der Waals surface area contributed by atoms with Crippen molar-refractivity contribution < 1.29 is 9.53 Å². The molecule has 0 atom stereocenters. The number of esters is 1. The second kappa shape index (κ2) is 9.10. The summed E-state index contributed by atoms with van der Waals surface area (Å²) in [6.45, 7) is 4.00. The highest BCUT2D eigenvalue weighted by atomic mass is 79.9. The lowest BCUT2D eigenvalue weighted by atomic mass is 10.2. The van der Waals surface area contributed by atoms with Crippen LogP contribution in [-0.2, 0) is 16.1 Å². The summed E-state index contributed by atoms with van der Waals surface area (Å²) in [5.41, 5.74) is 1.31. The Kier molecular flexibility index (Phi) is 7.75. The van der Waals surface area contributed by atoms with Crippen molar-refractivity contribution in [2.75, 3.05) is 20.2 Å². The van der Waals surface area contributed by atoms with Gasteiger partial charge >= 0.3 is 5.97 Å². The average Bonchev–Trinajstić information content (AvgIpc) is 2.36. The van der Waals surface area contributed by atoms with Gasteiger partial charge in [-0.25, -0.2) is 0 Å². The number of rotatable bonds is 8. The third kappa shape index (κ3) is 7.33. The SMILES string of the molecule is CC(=O)OCCCCCN(C)Cc1ccccc1Br. The van der Waals surface area contributed by atoms with E-state index in [-0.39, 0.29) is 5.97 Å². The van der Waals surface area contributed by atoms with E-state index < -0.39 is 0 Å². The van der Waals surface area contributed by atoms with E-state index in [4.69, 9.17) is 4.74 Å². The number of carbonyl (C=O) groups excluding carboxylic acids is 1. The molecular formula is C15H22BrNO2. The van der Waals surface area contributed by atoms with E-state index in [1.807, 2.05) is 6.07 Å². The highest BCUT2D eigenvalue weighted by Crippen LogP contribution is 2.17. The second-order valence-corrected chi connectivity index (χ2v) is 5.58. The van der Waals surface area contributed by atoms with Crippen molar-refractivity contribution in [1.82, 2.24) is 4.90 Å². The zero-order chi connectivity index (χ0) is 14.1. The van der Waals surface area contributed by atoms with E-state index in [0.29, 0.717) is 6.61 Å². The highest BCUT2D eigenvalue weighted by molar-refractivity contribution is 9.10. The van der Waals surface area contributed by atoms with Crippen molar-refractivity contribution in [1.29, 1.82) is 0 Å². The third-order valence-electron chi connectivity index (χ3n) is 2.89. The van der Waals surface area contributed by atoms with E-state index in [9.17, 15) is 4.79 Å². The smallest absolute Gasteiger partial charge is 0.302 e. The normalized spacial score (nSPS) is 10.7. The van der Waals surface area contributed by atoms with Gasteiger partial charge in [0, 0.05) is 17.9 Å². The fourth-order valence-corrected chi connectivity index (χ4v) is 2.28. The van der Waals surface area contributed by atoms with Crippen molar-refractivity contribution >= 4 is 21.9 Å². The summed E-state index contributed by atoms with van der Waals surface area (Å²) in [6, 6.07) is 8.30. The van der Waals surface area contributed by atoms with Crippen LogP contribution in [0.4, 0.5) is 0 Å². The van der Waals surface area contributed by atoms with Gasteiger partial charge in [0.2, 0.25) is 0 Å². The first kappa shape index (κ1) is 16.2. The summed E-state index contributed by atoms with van der Waals surface area (Å²) < 4.78 is 6.07. The summed E-state index contributed by atoms with van der Waals surface area (Å²) in [5.74, 6) is -0.189. The monoisotopic (exact) mass is 327 g/mol. The molecule has 4 heteroatoms. The van der Waals surface area contributed by atoms with E-state index in [1.165, 1.54) is 12.5 Å². The van der Waals surface area contributed by atoms with Gasteiger partial charge in [-0.15, -0.1) is 0 Å². The first-order valence-corrected chi connectivity index (χ1v) is 7.44. The maximum Gasteiger partial charge on any atom is 0.302 e. The molecule has 0 aliphatic carbocycles.